The van der Waals surface area contributed by atoms with Gasteiger partial charge in [-0.1, -0.05) is 15.9 Å². The maximum atomic E-state index is 13.5. The summed E-state index contributed by atoms with van der Waals surface area (Å²) < 4.78 is 14.2. The molecule has 1 aromatic carbocycles. The summed E-state index contributed by atoms with van der Waals surface area (Å²) in [6.45, 7) is 0. The minimum Gasteiger partial charge on any atom is -0.393 e. The fourth-order valence-electron chi connectivity index (χ4n) is 2.17. The van der Waals surface area contributed by atoms with Gasteiger partial charge < -0.3 is 10.4 Å². The highest BCUT2D eigenvalue weighted by Gasteiger charge is 2.25. The number of benzene rings is 1. The smallest absolute Gasteiger partial charge is 0.227 e. The van der Waals surface area contributed by atoms with Crippen molar-refractivity contribution in [3.8, 4) is 0 Å². The summed E-state index contributed by atoms with van der Waals surface area (Å²) in [5.74, 6) is -0.743. The zero-order valence-electron chi connectivity index (χ0n) is 9.83. The van der Waals surface area contributed by atoms with Crippen LogP contribution in [0.15, 0.2) is 22.7 Å². The summed E-state index contributed by atoms with van der Waals surface area (Å²) >= 11 is 3.24. The molecule has 3 nitrogen and oxygen atoms in total. The van der Waals surface area contributed by atoms with Gasteiger partial charge in [-0.05, 0) is 43.9 Å². The number of amides is 1. The second-order valence-electron chi connectivity index (χ2n) is 4.62. The zero-order chi connectivity index (χ0) is 13.1. The molecule has 2 rings (SSSR count). The summed E-state index contributed by atoms with van der Waals surface area (Å²) in [5, 5.41) is 12.0. The van der Waals surface area contributed by atoms with E-state index in [0.717, 1.165) is 4.47 Å². The van der Waals surface area contributed by atoms with Crippen LogP contribution in [0, 0.1) is 11.7 Å². The van der Waals surface area contributed by atoms with Crippen molar-refractivity contribution >= 4 is 27.5 Å². The number of nitrogens with one attached hydrogen (secondary N) is 1. The minimum absolute atomic E-state index is 0.133. The highest BCUT2D eigenvalue weighted by Crippen LogP contribution is 2.26. The molecule has 0 radical (unpaired) electrons. The largest absolute Gasteiger partial charge is 0.393 e. The van der Waals surface area contributed by atoms with E-state index in [1.807, 2.05) is 0 Å². The molecule has 0 atom stereocenters. The molecule has 1 aliphatic carbocycles. The van der Waals surface area contributed by atoms with Gasteiger partial charge in [-0.2, -0.15) is 0 Å². The molecule has 1 fully saturated rings. The number of aliphatic hydroxyl groups excluding tert-OH is 1. The van der Waals surface area contributed by atoms with E-state index in [-0.39, 0.29) is 23.6 Å². The van der Waals surface area contributed by atoms with E-state index < -0.39 is 5.82 Å². The molecular formula is C13H15BrFNO2. The summed E-state index contributed by atoms with van der Waals surface area (Å²) in [4.78, 5) is 12.0. The lowest BCUT2D eigenvalue weighted by Gasteiger charge is -2.24. The summed E-state index contributed by atoms with van der Waals surface area (Å²) in [7, 11) is 0. The van der Waals surface area contributed by atoms with Crippen molar-refractivity contribution in [2.24, 2.45) is 5.92 Å². The molecular weight excluding hydrogens is 301 g/mol. The van der Waals surface area contributed by atoms with Gasteiger partial charge in [-0.25, -0.2) is 4.39 Å². The molecule has 5 heteroatoms. The van der Waals surface area contributed by atoms with Crippen LogP contribution in [-0.4, -0.2) is 17.1 Å². The Morgan fingerprint density at radius 2 is 2.00 bits per heavy atom. The molecule has 0 saturated heterocycles. The summed E-state index contributed by atoms with van der Waals surface area (Å²) in [5.41, 5.74) is 0.195. The lowest BCUT2D eigenvalue weighted by atomic mass is 9.87. The van der Waals surface area contributed by atoms with Crippen LogP contribution < -0.4 is 5.32 Å². The number of aliphatic hydroxyl groups is 1. The third-order valence-corrected chi connectivity index (χ3v) is 3.75. The van der Waals surface area contributed by atoms with Gasteiger partial charge in [-0.3, -0.25) is 4.79 Å². The number of carbonyl (C=O) groups excluding carboxylic acids is 1. The van der Waals surface area contributed by atoms with Gasteiger partial charge in [0.1, 0.15) is 5.82 Å². The van der Waals surface area contributed by atoms with Gasteiger partial charge in [0.2, 0.25) is 5.91 Å². The first-order valence-corrected chi connectivity index (χ1v) is 6.79. The molecule has 0 heterocycles. The number of hydrogen-bond acceptors (Lipinski definition) is 2. The van der Waals surface area contributed by atoms with Gasteiger partial charge in [0, 0.05) is 10.4 Å². The van der Waals surface area contributed by atoms with Crippen molar-refractivity contribution in [2.75, 3.05) is 5.32 Å². The molecule has 18 heavy (non-hydrogen) atoms. The Bertz CT molecular complexity index is 445. The van der Waals surface area contributed by atoms with Crippen LogP contribution >= 0.6 is 15.9 Å². The van der Waals surface area contributed by atoms with Crippen molar-refractivity contribution in [1.29, 1.82) is 0 Å². The zero-order valence-corrected chi connectivity index (χ0v) is 11.4. The molecule has 0 aromatic heterocycles. The lowest BCUT2D eigenvalue weighted by molar-refractivity contribution is -0.121. The second kappa shape index (κ2) is 5.80. The molecule has 1 saturated carbocycles. The van der Waals surface area contributed by atoms with Crippen LogP contribution in [-0.2, 0) is 4.79 Å². The monoisotopic (exact) mass is 315 g/mol. The Labute approximate surface area is 114 Å². The first-order valence-electron chi connectivity index (χ1n) is 6.00. The van der Waals surface area contributed by atoms with Crippen molar-refractivity contribution < 1.29 is 14.3 Å². The Kier molecular flexibility index (Phi) is 4.35. The van der Waals surface area contributed by atoms with Crippen LogP contribution in [0.4, 0.5) is 10.1 Å². The number of rotatable bonds is 2. The topological polar surface area (TPSA) is 49.3 Å². The van der Waals surface area contributed by atoms with Gasteiger partial charge in [-0.15, -0.1) is 0 Å². The SMILES string of the molecule is O=C(Nc1cc(Br)ccc1F)C1CCC(O)CC1. The van der Waals surface area contributed by atoms with E-state index in [1.165, 1.54) is 6.07 Å². The predicted octanol–water partition coefficient (Wildman–Crippen LogP) is 3.08. The third-order valence-electron chi connectivity index (χ3n) is 3.25. The molecule has 0 bridgehead atoms. The Morgan fingerprint density at radius 1 is 1.33 bits per heavy atom. The number of anilines is 1. The van der Waals surface area contributed by atoms with Crippen molar-refractivity contribution in [2.45, 2.75) is 31.8 Å². The van der Waals surface area contributed by atoms with Crippen LogP contribution in [0.1, 0.15) is 25.7 Å². The van der Waals surface area contributed by atoms with Crippen molar-refractivity contribution in [3.05, 3.63) is 28.5 Å². The van der Waals surface area contributed by atoms with Gasteiger partial charge >= 0.3 is 0 Å². The van der Waals surface area contributed by atoms with E-state index in [9.17, 15) is 14.3 Å². The quantitative estimate of drug-likeness (QED) is 0.881. The molecule has 1 amide bonds. The van der Waals surface area contributed by atoms with E-state index >= 15 is 0 Å². The molecule has 1 aromatic rings. The molecule has 0 spiro atoms. The molecule has 0 aliphatic heterocycles. The average molecular weight is 316 g/mol. The summed E-state index contributed by atoms with van der Waals surface area (Å²) in [6, 6.07) is 4.44. The second-order valence-corrected chi connectivity index (χ2v) is 5.53. The molecule has 2 N–H and O–H groups in total. The third kappa shape index (κ3) is 3.29. The first kappa shape index (κ1) is 13.5. The Morgan fingerprint density at radius 3 is 2.67 bits per heavy atom. The highest BCUT2D eigenvalue weighted by atomic mass is 79.9. The average Bonchev–Trinajstić information content (AvgIpc) is 2.34. The maximum Gasteiger partial charge on any atom is 0.227 e. The van der Waals surface area contributed by atoms with Crippen LogP contribution in [0.3, 0.4) is 0 Å². The Hall–Kier alpha value is -0.940. The van der Waals surface area contributed by atoms with E-state index in [4.69, 9.17) is 0 Å². The minimum atomic E-state index is -0.442. The first-order chi connectivity index (χ1) is 8.56. The van der Waals surface area contributed by atoms with Gasteiger partial charge in [0.15, 0.2) is 0 Å². The highest BCUT2D eigenvalue weighted by molar-refractivity contribution is 9.10. The van der Waals surface area contributed by atoms with E-state index in [0.29, 0.717) is 25.7 Å². The van der Waals surface area contributed by atoms with Gasteiger partial charge in [0.05, 0.1) is 11.8 Å². The normalized spacial score (nSPS) is 23.7. The molecule has 98 valence electrons. The maximum absolute atomic E-state index is 13.5. The number of carbonyl (C=O) groups is 1. The fraction of sp³-hybridized carbons (Fsp3) is 0.462. The number of hydrogen-bond donors (Lipinski definition) is 2. The number of halogens is 2. The van der Waals surface area contributed by atoms with Crippen LogP contribution in [0.25, 0.3) is 0 Å². The van der Waals surface area contributed by atoms with E-state index in [2.05, 4.69) is 21.2 Å². The van der Waals surface area contributed by atoms with Crippen molar-refractivity contribution in [1.82, 2.24) is 0 Å². The van der Waals surface area contributed by atoms with Crippen LogP contribution in [0.2, 0.25) is 0 Å². The molecule has 0 unspecified atom stereocenters. The lowest BCUT2D eigenvalue weighted by Crippen LogP contribution is -2.29. The summed E-state index contributed by atoms with van der Waals surface area (Å²) in [6.07, 6.45) is 2.29. The molecule has 1 aliphatic rings. The van der Waals surface area contributed by atoms with Gasteiger partial charge in [0.25, 0.3) is 0 Å². The van der Waals surface area contributed by atoms with E-state index in [1.54, 1.807) is 12.1 Å². The van der Waals surface area contributed by atoms with Crippen molar-refractivity contribution in [3.63, 3.8) is 0 Å². The Balaban J connectivity index is 2.00. The standard InChI is InChI=1S/C13H15BrFNO2/c14-9-3-6-11(15)12(7-9)16-13(18)8-1-4-10(17)5-2-8/h3,6-8,10,17H,1-2,4-5H2,(H,16,18). The fourth-order valence-corrected chi connectivity index (χ4v) is 2.53. The predicted molar refractivity (Wildman–Crippen MR) is 70.7 cm³/mol. The van der Waals surface area contributed by atoms with Crippen LogP contribution in [0.5, 0.6) is 0 Å².